The Labute approximate surface area is 108 Å². The Morgan fingerprint density at radius 2 is 2.25 bits per heavy atom. The molecule has 0 saturated heterocycles. The lowest BCUT2D eigenvalue weighted by Gasteiger charge is -2.12. The van der Waals surface area contributed by atoms with E-state index in [4.69, 9.17) is 0 Å². The lowest BCUT2D eigenvalue weighted by molar-refractivity contribution is 0.0945. The second-order valence-corrected chi connectivity index (χ2v) is 4.66. The van der Waals surface area contributed by atoms with E-state index in [0.717, 1.165) is 0 Å². The van der Waals surface area contributed by atoms with Gasteiger partial charge < -0.3 is 10.6 Å². The van der Waals surface area contributed by atoms with Crippen molar-refractivity contribution in [1.82, 2.24) is 10.6 Å². The van der Waals surface area contributed by atoms with E-state index in [1.165, 1.54) is 6.07 Å². The number of amides is 1. The first-order valence-electron chi connectivity index (χ1n) is 4.95. The summed E-state index contributed by atoms with van der Waals surface area (Å²) < 4.78 is 14.0. The third kappa shape index (κ3) is 3.41. The van der Waals surface area contributed by atoms with Crippen LogP contribution >= 0.6 is 22.6 Å². The van der Waals surface area contributed by atoms with E-state index in [1.807, 2.05) is 36.6 Å². The molecule has 1 aromatic rings. The summed E-state index contributed by atoms with van der Waals surface area (Å²) in [6.45, 7) is 2.41. The van der Waals surface area contributed by atoms with Crippen LogP contribution < -0.4 is 10.6 Å². The fourth-order valence-corrected chi connectivity index (χ4v) is 1.86. The number of carbonyl (C=O) groups excluding carboxylic acids is 1. The van der Waals surface area contributed by atoms with Crippen molar-refractivity contribution in [3.8, 4) is 0 Å². The summed E-state index contributed by atoms with van der Waals surface area (Å²) in [4.78, 5) is 11.7. The topological polar surface area (TPSA) is 41.1 Å². The van der Waals surface area contributed by atoms with E-state index in [9.17, 15) is 9.18 Å². The van der Waals surface area contributed by atoms with Crippen molar-refractivity contribution in [2.75, 3.05) is 13.6 Å². The molecule has 1 amide bonds. The minimum atomic E-state index is -0.485. The Morgan fingerprint density at radius 1 is 1.56 bits per heavy atom. The van der Waals surface area contributed by atoms with E-state index >= 15 is 0 Å². The molecule has 2 N–H and O–H groups in total. The summed E-state index contributed by atoms with van der Waals surface area (Å²) in [5, 5.41) is 5.68. The van der Waals surface area contributed by atoms with Gasteiger partial charge in [0.25, 0.3) is 5.91 Å². The average Bonchev–Trinajstić information content (AvgIpc) is 2.25. The van der Waals surface area contributed by atoms with Gasteiger partial charge in [-0.1, -0.05) is 6.07 Å². The molecule has 1 aromatic carbocycles. The van der Waals surface area contributed by atoms with Crippen LogP contribution in [-0.2, 0) is 0 Å². The van der Waals surface area contributed by atoms with Crippen LogP contribution in [0.2, 0.25) is 0 Å². The molecule has 0 fully saturated rings. The quantitative estimate of drug-likeness (QED) is 0.823. The van der Waals surface area contributed by atoms with Crippen LogP contribution in [0.3, 0.4) is 0 Å². The number of likely N-dealkylation sites (N-methyl/N-ethyl adjacent to an activating group) is 1. The zero-order valence-corrected chi connectivity index (χ0v) is 11.3. The highest BCUT2D eigenvalue weighted by molar-refractivity contribution is 14.1. The Balaban J connectivity index is 2.73. The van der Waals surface area contributed by atoms with Gasteiger partial charge in [0.05, 0.1) is 5.56 Å². The molecule has 5 heteroatoms. The number of hydrogen-bond acceptors (Lipinski definition) is 2. The SMILES string of the molecule is CNC(C)CNC(=O)c1c(F)cccc1I. The highest BCUT2D eigenvalue weighted by Gasteiger charge is 2.15. The molecule has 0 radical (unpaired) electrons. The Hall–Kier alpha value is -0.690. The molecule has 88 valence electrons. The lowest BCUT2D eigenvalue weighted by Crippen LogP contribution is -2.37. The van der Waals surface area contributed by atoms with Crippen LogP contribution in [0.1, 0.15) is 17.3 Å². The number of carbonyl (C=O) groups is 1. The third-order valence-electron chi connectivity index (χ3n) is 2.25. The van der Waals surface area contributed by atoms with Gasteiger partial charge in [0.2, 0.25) is 0 Å². The van der Waals surface area contributed by atoms with Crippen molar-refractivity contribution in [1.29, 1.82) is 0 Å². The number of benzene rings is 1. The first kappa shape index (κ1) is 13.4. The highest BCUT2D eigenvalue weighted by atomic mass is 127. The molecule has 1 atom stereocenters. The molecule has 0 aliphatic rings. The number of nitrogens with one attached hydrogen (secondary N) is 2. The monoisotopic (exact) mass is 336 g/mol. The average molecular weight is 336 g/mol. The van der Waals surface area contributed by atoms with Crippen LogP contribution in [-0.4, -0.2) is 25.5 Å². The van der Waals surface area contributed by atoms with Crippen molar-refractivity contribution >= 4 is 28.5 Å². The van der Waals surface area contributed by atoms with Gasteiger partial charge in [0.1, 0.15) is 5.82 Å². The Bertz CT molecular complexity index is 364. The fraction of sp³-hybridized carbons (Fsp3) is 0.364. The van der Waals surface area contributed by atoms with Crippen LogP contribution in [0.25, 0.3) is 0 Å². The predicted molar refractivity (Wildman–Crippen MR) is 70.0 cm³/mol. The van der Waals surface area contributed by atoms with Crippen molar-refractivity contribution < 1.29 is 9.18 Å². The second-order valence-electron chi connectivity index (χ2n) is 3.50. The number of rotatable bonds is 4. The summed E-state index contributed by atoms with van der Waals surface area (Å²) >= 11 is 1.95. The fourth-order valence-electron chi connectivity index (χ4n) is 1.15. The Morgan fingerprint density at radius 3 is 2.81 bits per heavy atom. The standard InChI is InChI=1S/C11H14FIN2O/c1-7(14-2)6-15-11(16)10-8(12)4-3-5-9(10)13/h3-5,7,14H,6H2,1-2H3,(H,15,16). The molecule has 1 unspecified atom stereocenters. The zero-order chi connectivity index (χ0) is 12.1. The summed E-state index contributed by atoms with van der Waals surface area (Å²) in [6.07, 6.45) is 0. The molecule has 0 aromatic heterocycles. The maximum atomic E-state index is 13.4. The lowest BCUT2D eigenvalue weighted by atomic mass is 10.2. The molecule has 0 bridgehead atoms. The smallest absolute Gasteiger partial charge is 0.255 e. The van der Waals surface area contributed by atoms with Crippen molar-refractivity contribution in [3.63, 3.8) is 0 Å². The van der Waals surface area contributed by atoms with E-state index < -0.39 is 5.82 Å². The molecule has 0 heterocycles. The summed E-state index contributed by atoms with van der Waals surface area (Å²) in [5.74, 6) is -0.855. The van der Waals surface area contributed by atoms with E-state index in [-0.39, 0.29) is 17.5 Å². The first-order valence-corrected chi connectivity index (χ1v) is 6.03. The highest BCUT2D eigenvalue weighted by Crippen LogP contribution is 2.15. The molecular formula is C11H14FIN2O. The summed E-state index contributed by atoms with van der Waals surface area (Å²) in [5.41, 5.74) is 0.117. The van der Waals surface area contributed by atoms with E-state index in [1.54, 1.807) is 12.1 Å². The van der Waals surface area contributed by atoms with Crippen LogP contribution in [0.4, 0.5) is 4.39 Å². The molecule has 1 rings (SSSR count). The number of halogens is 2. The maximum Gasteiger partial charge on any atom is 0.255 e. The van der Waals surface area contributed by atoms with Gasteiger partial charge in [-0.05, 0) is 48.7 Å². The van der Waals surface area contributed by atoms with E-state index in [0.29, 0.717) is 10.1 Å². The summed E-state index contributed by atoms with van der Waals surface area (Å²) in [7, 11) is 1.81. The first-order chi connectivity index (χ1) is 7.56. The van der Waals surface area contributed by atoms with Gasteiger partial charge in [-0.25, -0.2) is 4.39 Å². The largest absolute Gasteiger partial charge is 0.350 e. The number of hydrogen-bond donors (Lipinski definition) is 2. The third-order valence-corrected chi connectivity index (χ3v) is 3.15. The molecule has 0 aliphatic heterocycles. The van der Waals surface area contributed by atoms with Gasteiger partial charge in [-0.2, -0.15) is 0 Å². The van der Waals surface area contributed by atoms with Gasteiger partial charge in [0.15, 0.2) is 0 Å². The van der Waals surface area contributed by atoms with Crippen LogP contribution in [0, 0.1) is 9.39 Å². The minimum Gasteiger partial charge on any atom is -0.350 e. The van der Waals surface area contributed by atoms with Crippen LogP contribution in [0.5, 0.6) is 0 Å². The van der Waals surface area contributed by atoms with Gasteiger partial charge in [-0.15, -0.1) is 0 Å². The van der Waals surface area contributed by atoms with E-state index in [2.05, 4.69) is 10.6 Å². The minimum absolute atomic E-state index is 0.117. The van der Waals surface area contributed by atoms with Gasteiger partial charge in [0, 0.05) is 16.2 Å². The molecule has 0 spiro atoms. The van der Waals surface area contributed by atoms with Crippen LogP contribution in [0.15, 0.2) is 18.2 Å². The molecule has 16 heavy (non-hydrogen) atoms. The maximum absolute atomic E-state index is 13.4. The summed E-state index contributed by atoms with van der Waals surface area (Å²) in [6, 6.07) is 4.75. The second kappa shape index (κ2) is 6.15. The van der Waals surface area contributed by atoms with Gasteiger partial charge >= 0.3 is 0 Å². The van der Waals surface area contributed by atoms with Crippen molar-refractivity contribution in [2.45, 2.75) is 13.0 Å². The van der Waals surface area contributed by atoms with Gasteiger partial charge in [-0.3, -0.25) is 4.79 Å². The molecule has 0 saturated carbocycles. The normalized spacial score (nSPS) is 12.2. The molecule has 3 nitrogen and oxygen atoms in total. The van der Waals surface area contributed by atoms with Crippen molar-refractivity contribution in [3.05, 3.63) is 33.1 Å². The Kier molecular flexibility index (Phi) is 5.14. The zero-order valence-electron chi connectivity index (χ0n) is 9.18. The predicted octanol–water partition coefficient (Wildman–Crippen LogP) is 1.77. The van der Waals surface area contributed by atoms with Crippen molar-refractivity contribution in [2.24, 2.45) is 0 Å². The molecular weight excluding hydrogens is 322 g/mol. The molecule has 0 aliphatic carbocycles.